The van der Waals surface area contributed by atoms with Crippen LogP contribution in [0.4, 0.5) is 0 Å². The van der Waals surface area contributed by atoms with Gasteiger partial charge in [-0.1, -0.05) is 32.8 Å². The van der Waals surface area contributed by atoms with E-state index >= 15 is 0 Å². The van der Waals surface area contributed by atoms with Gasteiger partial charge in [0.05, 0.1) is 31.0 Å². The number of methoxy groups -OCH3 is 2. The molecule has 36 heavy (non-hydrogen) atoms. The Kier molecular flexibility index (Phi) is 7.93. The normalized spacial score (nSPS) is 19.6. The first-order valence-electron chi connectivity index (χ1n) is 12.8. The third-order valence-corrected chi connectivity index (χ3v) is 8.15. The molecule has 2 amide bonds. The topological polar surface area (TPSA) is 72.8 Å². The van der Waals surface area contributed by atoms with E-state index in [4.69, 9.17) is 9.47 Å². The van der Waals surface area contributed by atoms with Crippen molar-refractivity contribution in [3.05, 3.63) is 47.0 Å². The first kappa shape index (κ1) is 26.1. The number of ether oxygens (including phenoxy) is 2. The fourth-order valence-electron chi connectivity index (χ4n) is 5.31. The van der Waals surface area contributed by atoms with Crippen LogP contribution in [0.2, 0.25) is 0 Å². The molecule has 1 aliphatic heterocycles. The SMILES string of the molecule is CC.COc1ccc(CCN2C(=O)c3cc4sccc4n3CC2(C)C(=O)NC2CCCC2)cc1OC. The first-order valence-corrected chi connectivity index (χ1v) is 13.7. The summed E-state index contributed by atoms with van der Waals surface area (Å²) < 4.78 is 13.9. The summed E-state index contributed by atoms with van der Waals surface area (Å²) in [7, 11) is 3.22. The predicted octanol–water partition coefficient (Wildman–Crippen LogP) is 5.26. The minimum absolute atomic E-state index is 0.0669. The Morgan fingerprint density at radius 2 is 1.83 bits per heavy atom. The third kappa shape index (κ3) is 4.71. The van der Waals surface area contributed by atoms with E-state index in [1.165, 1.54) is 0 Å². The predicted molar refractivity (Wildman–Crippen MR) is 144 cm³/mol. The van der Waals surface area contributed by atoms with E-state index in [1.807, 2.05) is 61.1 Å². The quantitative estimate of drug-likeness (QED) is 0.470. The highest BCUT2D eigenvalue weighted by Crippen LogP contribution is 2.35. The largest absolute Gasteiger partial charge is 0.493 e. The number of nitrogens with zero attached hydrogens (tertiary/aromatic N) is 2. The lowest BCUT2D eigenvalue weighted by molar-refractivity contribution is -0.133. The maximum absolute atomic E-state index is 13.8. The van der Waals surface area contributed by atoms with Crippen LogP contribution in [-0.4, -0.2) is 53.6 Å². The van der Waals surface area contributed by atoms with Crippen molar-refractivity contribution in [1.82, 2.24) is 14.8 Å². The second kappa shape index (κ2) is 10.9. The fraction of sp³-hybridized carbons (Fsp3) is 0.500. The Balaban J connectivity index is 0.00000148. The zero-order chi connectivity index (χ0) is 25.9. The Bertz CT molecular complexity index is 1230. The van der Waals surface area contributed by atoms with E-state index in [1.54, 1.807) is 30.5 Å². The summed E-state index contributed by atoms with van der Waals surface area (Å²) in [5, 5.41) is 5.29. The fourth-order valence-corrected chi connectivity index (χ4v) is 6.13. The van der Waals surface area contributed by atoms with Crippen molar-refractivity contribution in [3.8, 4) is 11.5 Å². The molecule has 1 atom stereocenters. The van der Waals surface area contributed by atoms with Crippen molar-refractivity contribution in [1.29, 1.82) is 0 Å². The van der Waals surface area contributed by atoms with E-state index in [2.05, 4.69) is 5.32 Å². The zero-order valence-electron chi connectivity index (χ0n) is 21.9. The van der Waals surface area contributed by atoms with Crippen molar-refractivity contribution in [2.24, 2.45) is 0 Å². The van der Waals surface area contributed by atoms with Crippen LogP contribution in [0.15, 0.2) is 35.7 Å². The molecule has 0 radical (unpaired) electrons. The summed E-state index contributed by atoms with van der Waals surface area (Å²) in [5.41, 5.74) is 1.72. The number of thiophene rings is 1. The highest BCUT2D eigenvalue weighted by atomic mass is 32.1. The van der Waals surface area contributed by atoms with Gasteiger partial charge in [-0.3, -0.25) is 9.59 Å². The molecule has 0 spiro atoms. The second-order valence-electron chi connectivity index (χ2n) is 9.41. The molecule has 8 heteroatoms. The van der Waals surface area contributed by atoms with Gasteiger partial charge < -0.3 is 24.3 Å². The van der Waals surface area contributed by atoms with Gasteiger partial charge in [0.2, 0.25) is 5.91 Å². The minimum atomic E-state index is -0.975. The number of hydrogen-bond acceptors (Lipinski definition) is 5. The van der Waals surface area contributed by atoms with Crippen molar-refractivity contribution < 1.29 is 19.1 Å². The van der Waals surface area contributed by atoms with Gasteiger partial charge in [0.25, 0.3) is 5.91 Å². The molecule has 1 aromatic carbocycles. The van der Waals surface area contributed by atoms with Gasteiger partial charge in [0.15, 0.2) is 11.5 Å². The summed E-state index contributed by atoms with van der Waals surface area (Å²) in [5.74, 6) is 1.15. The number of fused-ring (bicyclic) bond motifs is 3. The molecule has 3 aromatic rings. The number of carbonyl (C=O) groups excluding carboxylic acids is 2. The molecule has 1 saturated carbocycles. The molecule has 1 fully saturated rings. The van der Waals surface area contributed by atoms with Crippen LogP contribution in [0.5, 0.6) is 11.5 Å². The van der Waals surface area contributed by atoms with Gasteiger partial charge in [-0.15, -0.1) is 11.3 Å². The average Bonchev–Trinajstić information content (AvgIpc) is 3.64. The average molecular weight is 512 g/mol. The number of nitrogens with one attached hydrogen (secondary N) is 1. The third-order valence-electron chi connectivity index (χ3n) is 7.30. The van der Waals surface area contributed by atoms with Crippen LogP contribution in [-0.2, 0) is 17.8 Å². The molecular weight excluding hydrogens is 474 g/mol. The smallest absolute Gasteiger partial charge is 0.271 e. The standard InChI is InChI=1S/C26H31N3O4S.C2H6/c1-26(25(31)27-18-6-4-5-7-18)16-28-19-11-13-34-23(19)15-20(28)24(30)29(26)12-10-17-8-9-21(32-2)22(14-17)33-3;1-2/h8-9,11,13-15,18H,4-7,10,12,16H2,1-3H3,(H,27,31);1-2H3. The first-order chi connectivity index (χ1) is 17.4. The number of amides is 2. The van der Waals surface area contributed by atoms with Crippen molar-refractivity contribution in [2.45, 2.75) is 71.0 Å². The second-order valence-corrected chi connectivity index (χ2v) is 10.4. The number of carbonyl (C=O) groups is 2. The van der Waals surface area contributed by atoms with Crippen molar-refractivity contribution in [2.75, 3.05) is 20.8 Å². The molecular formula is C28H37N3O4S. The molecule has 0 saturated heterocycles. The van der Waals surface area contributed by atoms with Gasteiger partial charge in [0, 0.05) is 12.6 Å². The van der Waals surface area contributed by atoms with Gasteiger partial charge >= 0.3 is 0 Å². The molecule has 2 aliphatic rings. The van der Waals surface area contributed by atoms with Crippen LogP contribution in [0.25, 0.3) is 10.2 Å². The monoisotopic (exact) mass is 511 g/mol. The summed E-state index contributed by atoms with van der Waals surface area (Å²) in [4.78, 5) is 29.2. The lowest BCUT2D eigenvalue weighted by atomic mass is 9.93. The van der Waals surface area contributed by atoms with Gasteiger partial charge in [-0.2, -0.15) is 0 Å². The number of rotatable bonds is 7. The summed E-state index contributed by atoms with van der Waals surface area (Å²) >= 11 is 1.62. The highest BCUT2D eigenvalue weighted by Gasteiger charge is 2.48. The lowest BCUT2D eigenvalue weighted by Gasteiger charge is -2.44. The molecule has 2 aromatic heterocycles. The molecule has 1 aliphatic carbocycles. The van der Waals surface area contributed by atoms with E-state index in [9.17, 15) is 9.59 Å². The minimum Gasteiger partial charge on any atom is -0.493 e. The van der Waals surface area contributed by atoms with Crippen LogP contribution < -0.4 is 14.8 Å². The van der Waals surface area contributed by atoms with E-state index in [-0.39, 0.29) is 17.9 Å². The Labute approximate surface area is 217 Å². The Morgan fingerprint density at radius 1 is 1.11 bits per heavy atom. The molecule has 3 heterocycles. The zero-order valence-corrected chi connectivity index (χ0v) is 22.7. The van der Waals surface area contributed by atoms with Crippen LogP contribution in [0.1, 0.15) is 62.5 Å². The maximum Gasteiger partial charge on any atom is 0.271 e. The van der Waals surface area contributed by atoms with Crippen molar-refractivity contribution in [3.63, 3.8) is 0 Å². The summed E-state index contributed by atoms with van der Waals surface area (Å²) in [6.07, 6.45) is 4.89. The number of hydrogen-bond donors (Lipinski definition) is 1. The van der Waals surface area contributed by atoms with E-state index < -0.39 is 5.54 Å². The maximum atomic E-state index is 13.8. The molecule has 194 valence electrons. The highest BCUT2D eigenvalue weighted by molar-refractivity contribution is 7.17. The van der Waals surface area contributed by atoms with Crippen LogP contribution in [0, 0.1) is 0 Å². The summed E-state index contributed by atoms with van der Waals surface area (Å²) in [6, 6.07) is 9.97. The molecule has 7 nitrogen and oxygen atoms in total. The van der Waals surface area contributed by atoms with Crippen LogP contribution >= 0.6 is 11.3 Å². The van der Waals surface area contributed by atoms with E-state index in [0.29, 0.717) is 36.7 Å². The number of benzene rings is 1. The van der Waals surface area contributed by atoms with E-state index in [0.717, 1.165) is 41.5 Å². The van der Waals surface area contributed by atoms with Gasteiger partial charge in [-0.25, -0.2) is 0 Å². The van der Waals surface area contributed by atoms with Crippen molar-refractivity contribution >= 4 is 33.4 Å². The molecule has 5 rings (SSSR count). The van der Waals surface area contributed by atoms with Gasteiger partial charge in [-0.05, 0) is 61.4 Å². The lowest BCUT2D eigenvalue weighted by Crippen LogP contribution is -2.65. The van der Waals surface area contributed by atoms with Crippen LogP contribution in [0.3, 0.4) is 0 Å². The molecule has 0 bridgehead atoms. The Morgan fingerprint density at radius 3 is 2.53 bits per heavy atom. The number of aromatic nitrogens is 1. The molecule has 1 unspecified atom stereocenters. The Hall–Kier alpha value is -3.00. The molecule has 1 N–H and O–H groups in total. The van der Waals surface area contributed by atoms with Gasteiger partial charge in [0.1, 0.15) is 11.2 Å². The summed E-state index contributed by atoms with van der Waals surface area (Å²) in [6.45, 7) is 6.78.